The molecule has 2 amide bonds. The fourth-order valence-electron chi connectivity index (χ4n) is 2.90. The van der Waals surface area contributed by atoms with Crippen LogP contribution < -0.4 is 5.32 Å². The molecule has 4 heteroatoms. The Hall–Kier alpha value is -1.68. The third kappa shape index (κ3) is 2.36. The Labute approximate surface area is 119 Å². The van der Waals surface area contributed by atoms with Gasteiger partial charge >= 0.3 is 0 Å². The summed E-state index contributed by atoms with van der Waals surface area (Å²) in [5.74, 6) is 0.0358. The van der Waals surface area contributed by atoms with E-state index in [4.69, 9.17) is 0 Å². The van der Waals surface area contributed by atoms with Crippen LogP contribution in [0.5, 0.6) is 0 Å². The molecule has 0 radical (unpaired) electrons. The molecule has 1 aliphatic carbocycles. The first-order valence-electron chi connectivity index (χ1n) is 7.36. The molecular formula is C16H20N2O2. The number of carbonyl (C=O) groups excluding carboxylic acids is 2. The Morgan fingerprint density at radius 2 is 1.85 bits per heavy atom. The van der Waals surface area contributed by atoms with Crippen LogP contribution in [-0.2, 0) is 9.59 Å². The summed E-state index contributed by atoms with van der Waals surface area (Å²) in [6, 6.07) is 10.1. The number of benzene rings is 1. The second-order valence-corrected chi connectivity index (χ2v) is 5.65. The van der Waals surface area contributed by atoms with Crippen LogP contribution in [0.4, 0.5) is 0 Å². The fraction of sp³-hybridized carbons (Fsp3) is 0.500. The number of hydrogen-bond donors (Lipinski definition) is 1. The van der Waals surface area contributed by atoms with Gasteiger partial charge in [0.1, 0.15) is 0 Å². The highest BCUT2D eigenvalue weighted by Crippen LogP contribution is 2.47. The molecule has 1 aliphatic heterocycles. The average Bonchev–Trinajstić information content (AvgIpc) is 3.23. The van der Waals surface area contributed by atoms with Gasteiger partial charge in [-0.2, -0.15) is 0 Å². The van der Waals surface area contributed by atoms with E-state index in [-0.39, 0.29) is 29.7 Å². The molecule has 20 heavy (non-hydrogen) atoms. The number of piperidine rings is 1. The van der Waals surface area contributed by atoms with Crippen LogP contribution in [0.2, 0.25) is 0 Å². The molecule has 3 rings (SSSR count). The number of hydrogen-bond acceptors (Lipinski definition) is 3. The first-order chi connectivity index (χ1) is 9.72. The van der Waals surface area contributed by atoms with Crippen molar-refractivity contribution >= 4 is 11.8 Å². The maximum Gasteiger partial charge on any atom is 0.233 e. The van der Waals surface area contributed by atoms with E-state index in [1.54, 1.807) is 0 Å². The van der Waals surface area contributed by atoms with Gasteiger partial charge in [0.05, 0.1) is 17.9 Å². The van der Waals surface area contributed by atoms with Gasteiger partial charge in [-0.15, -0.1) is 0 Å². The van der Waals surface area contributed by atoms with Crippen molar-refractivity contribution < 1.29 is 9.59 Å². The van der Waals surface area contributed by atoms with Crippen LogP contribution in [0.15, 0.2) is 30.3 Å². The van der Waals surface area contributed by atoms with Crippen LogP contribution in [-0.4, -0.2) is 29.8 Å². The molecule has 1 saturated carbocycles. The van der Waals surface area contributed by atoms with Crippen LogP contribution >= 0.6 is 0 Å². The summed E-state index contributed by atoms with van der Waals surface area (Å²) in [5, 5.41) is 3.44. The van der Waals surface area contributed by atoms with Crippen molar-refractivity contribution in [2.45, 2.75) is 25.8 Å². The van der Waals surface area contributed by atoms with E-state index in [1.165, 1.54) is 4.90 Å². The molecule has 0 aromatic heterocycles. The van der Waals surface area contributed by atoms with Gasteiger partial charge in [0, 0.05) is 6.54 Å². The van der Waals surface area contributed by atoms with Crippen molar-refractivity contribution in [1.29, 1.82) is 0 Å². The zero-order valence-corrected chi connectivity index (χ0v) is 11.7. The zero-order valence-electron chi connectivity index (χ0n) is 11.7. The quantitative estimate of drug-likeness (QED) is 0.802. The number of nitrogens with zero attached hydrogens (tertiary/aromatic N) is 1. The molecule has 1 aromatic carbocycles. The van der Waals surface area contributed by atoms with Crippen molar-refractivity contribution in [2.24, 2.45) is 11.8 Å². The Morgan fingerprint density at radius 1 is 1.20 bits per heavy atom. The number of carbonyl (C=O) groups is 2. The number of imide groups is 1. The second-order valence-electron chi connectivity index (χ2n) is 5.65. The lowest BCUT2D eigenvalue weighted by atomic mass is 10.1. The van der Waals surface area contributed by atoms with E-state index in [9.17, 15) is 9.59 Å². The lowest BCUT2D eigenvalue weighted by Crippen LogP contribution is -2.40. The standard InChI is InChI=1S/C16H20N2O2/c1-2-8-17-14(11-6-4-3-5-7-11)10-18-15(19)12-9-13(12)16(18)20/h3-7,12-14,17H,2,8-10H2,1H3. The fourth-order valence-corrected chi connectivity index (χ4v) is 2.90. The van der Waals surface area contributed by atoms with Crippen LogP contribution in [0.1, 0.15) is 31.4 Å². The summed E-state index contributed by atoms with van der Waals surface area (Å²) in [7, 11) is 0. The summed E-state index contributed by atoms with van der Waals surface area (Å²) in [6.07, 6.45) is 1.79. The molecular weight excluding hydrogens is 252 g/mol. The van der Waals surface area contributed by atoms with E-state index in [1.807, 2.05) is 30.3 Å². The number of fused-ring (bicyclic) bond motifs is 1. The normalized spacial score (nSPS) is 25.8. The minimum atomic E-state index is -0.00917. The smallest absolute Gasteiger partial charge is 0.233 e. The lowest BCUT2D eigenvalue weighted by Gasteiger charge is -2.25. The molecule has 0 spiro atoms. The molecule has 0 bridgehead atoms. The summed E-state index contributed by atoms with van der Waals surface area (Å²) in [5.41, 5.74) is 1.13. The van der Waals surface area contributed by atoms with Gasteiger partial charge in [0.15, 0.2) is 0 Å². The Bertz CT molecular complexity index is 494. The monoisotopic (exact) mass is 272 g/mol. The predicted molar refractivity (Wildman–Crippen MR) is 75.8 cm³/mol. The summed E-state index contributed by atoms with van der Waals surface area (Å²) < 4.78 is 0. The zero-order chi connectivity index (χ0) is 14.1. The molecule has 1 aromatic rings. The van der Waals surface area contributed by atoms with Crippen molar-refractivity contribution in [3.63, 3.8) is 0 Å². The summed E-state index contributed by atoms with van der Waals surface area (Å²) >= 11 is 0. The summed E-state index contributed by atoms with van der Waals surface area (Å²) in [6.45, 7) is 3.44. The van der Waals surface area contributed by atoms with Gasteiger partial charge < -0.3 is 5.32 Å². The highest BCUT2D eigenvalue weighted by molar-refractivity contribution is 6.08. The predicted octanol–water partition coefficient (Wildman–Crippen LogP) is 1.73. The Kier molecular flexibility index (Phi) is 3.57. The van der Waals surface area contributed by atoms with Gasteiger partial charge in [0.25, 0.3) is 0 Å². The summed E-state index contributed by atoms with van der Waals surface area (Å²) in [4.78, 5) is 25.6. The molecule has 3 atom stereocenters. The molecule has 2 fully saturated rings. The molecule has 2 aliphatic rings. The lowest BCUT2D eigenvalue weighted by molar-refractivity contribution is -0.141. The van der Waals surface area contributed by atoms with Crippen LogP contribution in [0, 0.1) is 11.8 Å². The second kappa shape index (κ2) is 5.37. The molecule has 1 N–H and O–H groups in total. The third-order valence-electron chi connectivity index (χ3n) is 4.16. The van der Waals surface area contributed by atoms with E-state index < -0.39 is 0 Å². The molecule has 1 saturated heterocycles. The van der Waals surface area contributed by atoms with Crippen LogP contribution in [0.25, 0.3) is 0 Å². The van der Waals surface area contributed by atoms with Gasteiger partial charge in [-0.1, -0.05) is 37.3 Å². The highest BCUT2D eigenvalue weighted by atomic mass is 16.2. The van der Waals surface area contributed by atoms with Crippen molar-refractivity contribution in [2.75, 3.05) is 13.1 Å². The van der Waals surface area contributed by atoms with Crippen molar-refractivity contribution in [3.05, 3.63) is 35.9 Å². The molecule has 4 nitrogen and oxygen atoms in total. The number of amides is 2. The van der Waals surface area contributed by atoms with Crippen molar-refractivity contribution in [1.82, 2.24) is 10.2 Å². The van der Waals surface area contributed by atoms with Crippen LogP contribution in [0.3, 0.4) is 0 Å². The van der Waals surface area contributed by atoms with E-state index >= 15 is 0 Å². The first kappa shape index (κ1) is 13.3. The number of rotatable bonds is 6. The first-order valence-corrected chi connectivity index (χ1v) is 7.36. The number of nitrogens with one attached hydrogen (secondary N) is 1. The highest BCUT2D eigenvalue weighted by Gasteiger charge is 2.58. The van der Waals surface area contributed by atoms with Gasteiger partial charge in [0.2, 0.25) is 11.8 Å². The molecule has 3 unspecified atom stereocenters. The molecule has 106 valence electrons. The SMILES string of the molecule is CCCNC(CN1C(=O)C2CC2C1=O)c1ccccc1. The maximum atomic E-state index is 12.1. The topological polar surface area (TPSA) is 49.4 Å². The minimum absolute atomic E-state index is 0.00917. The third-order valence-corrected chi connectivity index (χ3v) is 4.16. The van der Waals surface area contributed by atoms with E-state index in [0.29, 0.717) is 6.54 Å². The molecule has 1 heterocycles. The largest absolute Gasteiger partial charge is 0.308 e. The Morgan fingerprint density at radius 3 is 2.45 bits per heavy atom. The van der Waals surface area contributed by atoms with Gasteiger partial charge in [-0.3, -0.25) is 14.5 Å². The maximum absolute atomic E-state index is 12.1. The average molecular weight is 272 g/mol. The van der Waals surface area contributed by atoms with E-state index in [2.05, 4.69) is 12.2 Å². The van der Waals surface area contributed by atoms with Gasteiger partial charge in [-0.25, -0.2) is 0 Å². The van der Waals surface area contributed by atoms with E-state index in [0.717, 1.165) is 24.9 Å². The van der Waals surface area contributed by atoms with Crippen molar-refractivity contribution in [3.8, 4) is 0 Å². The Balaban J connectivity index is 1.73. The number of likely N-dealkylation sites (tertiary alicyclic amines) is 1. The minimum Gasteiger partial charge on any atom is -0.308 e. The van der Waals surface area contributed by atoms with Gasteiger partial charge in [-0.05, 0) is 24.9 Å².